The third-order valence-electron chi connectivity index (χ3n) is 3.08. The van der Waals surface area contributed by atoms with Crippen LogP contribution in [0, 0.1) is 0 Å². The van der Waals surface area contributed by atoms with Crippen molar-refractivity contribution >= 4 is 0 Å². The number of rotatable bonds is 7. The van der Waals surface area contributed by atoms with Gasteiger partial charge in [-0.05, 0) is 26.8 Å². The quantitative estimate of drug-likeness (QED) is 0.654. The summed E-state index contributed by atoms with van der Waals surface area (Å²) in [5.74, 6) is 0. The Kier molecular flexibility index (Phi) is 6.28. The van der Waals surface area contributed by atoms with Gasteiger partial charge in [-0.2, -0.15) is 0 Å². The van der Waals surface area contributed by atoms with Crippen LogP contribution in [0.1, 0.15) is 20.3 Å². The number of hydrogen-bond donors (Lipinski definition) is 1. The molecule has 1 aliphatic heterocycles. The van der Waals surface area contributed by atoms with Crippen molar-refractivity contribution in [2.45, 2.75) is 25.8 Å². The number of nitrogens with one attached hydrogen (secondary N) is 1. The highest BCUT2D eigenvalue weighted by Crippen LogP contribution is 2.18. The zero-order chi connectivity index (χ0) is 11.9. The van der Waals surface area contributed by atoms with E-state index in [0.29, 0.717) is 0 Å². The van der Waals surface area contributed by atoms with Gasteiger partial charge < -0.3 is 14.8 Å². The number of hydrogen-bond acceptors (Lipinski definition) is 4. The second-order valence-electron chi connectivity index (χ2n) is 4.95. The molecule has 1 fully saturated rings. The Morgan fingerprint density at radius 1 is 1.38 bits per heavy atom. The van der Waals surface area contributed by atoms with Crippen molar-refractivity contribution < 1.29 is 9.47 Å². The summed E-state index contributed by atoms with van der Waals surface area (Å²) in [7, 11) is 1.73. The Hall–Kier alpha value is -0.160. The number of nitrogens with zero attached hydrogens (tertiary/aromatic N) is 1. The second-order valence-corrected chi connectivity index (χ2v) is 4.95. The first-order valence-electron chi connectivity index (χ1n) is 6.19. The smallest absolute Gasteiger partial charge is 0.0645 e. The van der Waals surface area contributed by atoms with Gasteiger partial charge in [0.2, 0.25) is 0 Å². The second kappa shape index (κ2) is 7.22. The molecule has 0 bridgehead atoms. The Morgan fingerprint density at radius 2 is 2.19 bits per heavy atom. The first-order valence-corrected chi connectivity index (χ1v) is 6.19. The molecule has 0 saturated carbocycles. The van der Waals surface area contributed by atoms with E-state index in [1.807, 2.05) is 0 Å². The van der Waals surface area contributed by atoms with Gasteiger partial charge in [-0.3, -0.25) is 4.90 Å². The molecule has 1 N–H and O–H groups in total. The molecule has 1 saturated heterocycles. The Labute approximate surface area is 99.3 Å². The maximum Gasteiger partial charge on any atom is 0.0645 e. The lowest BCUT2D eigenvalue weighted by atomic mass is 10.0. The van der Waals surface area contributed by atoms with Gasteiger partial charge >= 0.3 is 0 Å². The number of ether oxygens (including phenoxy) is 2. The monoisotopic (exact) mass is 230 g/mol. The third kappa shape index (κ3) is 4.78. The third-order valence-corrected chi connectivity index (χ3v) is 3.08. The van der Waals surface area contributed by atoms with Crippen molar-refractivity contribution in [1.29, 1.82) is 0 Å². The lowest BCUT2D eigenvalue weighted by Crippen LogP contribution is -2.53. The molecular formula is C12H26N2O2. The predicted molar refractivity (Wildman–Crippen MR) is 65.8 cm³/mol. The maximum absolute atomic E-state index is 5.50. The van der Waals surface area contributed by atoms with Crippen molar-refractivity contribution in [3.05, 3.63) is 0 Å². The molecule has 0 aromatic carbocycles. The van der Waals surface area contributed by atoms with E-state index in [1.54, 1.807) is 7.11 Å². The summed E-state index contributed by atoms with van der Waals surface area (Å²) in [6, 6.07) is 0. The Balaban J connectivity index is 2.07. The molecule has 0 atom stereocenters. The first kappa shape index (κ1) is 13.9. The molecule has 0 spiro atoms. The predicted octanol–water partition coefficient (Wildman–Crippen LogP) is 0.723. The van der Waals surface area contributed by atoms with Crippen LogP contribution in [0.2, 0.25) is 0 Å². The molecule has 96 valence electrons. The van der Waals surface area contributed by atoms with Gasteiger partial charge in [0.25, 0.3) is 0 Å². The molecule has 4 nitrogen and oxygen atoms in total. The zero-order valence-electron chi connectivity index (χ0n) is 10.9. The van der Waals surface area contributed by atoms with Gasteiger partial charge in [0, 0.05) is 32.3 Å². The highest BCUT2D eigenvalue weighted by Gasteiger charge is 2.29. The van der Waals surface area contributed by atoms with Crippen molar-refractivity contribution in [1.82, 2.24) is 10.2 Å². The Bertz CT molecular complexity index is 186. The van der Waals surface area contributed by atoms with Crippen molar-refractivity contribution in [2.75, 3.05) is 53.1 Å². The minimum atomic E-state index is 0.199. The summed E-state index contributed by atoms with van der Waals surface area (Å²) >= 11 is 0. The van der Waals surface area contributed by atoms with Gasteiger partial charge in [-0.25, -0.2) is 0 Å². The Morgan fingerprint density at radius 3 is 2.88 bits per heavy atom. The van der Waals surface area contributed by atoms with E-state index in [1.165, 1.54) is 6.42 Å². The molecular weight excluding hydrogens is 204 g/mol. The lowest BCUT2D eigenvalue weighted by molar-refractivity contribution is -0.0510. The number of methoxy groups -OCH3 is 1. The van der Waals surface area contributed by atoms with E-state index in [4.69, 9.17) is 9.47 Å². The van der Waals surface area contributed by atoms with Gasteiger partial charge in [0.15, 0.2) is 0 Å². The number of morpholine rings is 1. The summed E-state index contributed by atoms with van der Waals surface area (Å²) in [6.45, 7) is 11.3. The molecule has 4 heteroatoms. The average Bonchev–Trinajstić information content (AvgIpc) is 2.25. The topological polar surface area (TPSA) is 33.7 Å². The molecule has 1 heterocycles. The minimum absolute atomic E-state index is 0.199. The average molecular weight is 230 g/mol. The van der Waals surface area contributed by atoms with Crippen LogP contribution >= 0.6 is 0 Å². The molecule has 0 radical (unpaired) electrons. The molecule has 0 unspecified atom stereocenters. The van der Waals surface area contributed by atoms with Crippen LogP contribution in [0.15, 0.2) is 0 Å². The van der Waals surface area contributed by atoms with Gasteiger partial charge in [0.1, 0.15) is 0 Å². The molecule has 1 rings (SSSR count). The van der Waals surface area contributed by atoms with Crippen molar-refractivity contribution in [3.63, 3.8) is 0 Å². The summed E-state index contributed by atoms with van der Waals surface area (Å²) in [4.78, 5) is 2.52. The zero-order valence-corrected chi connectivity index (χ0v) is 10.9. The van der Waals surface area contributed by atoms with E-state index < -0.39 is 0 Å². The summed E-state index contributed by atoms with van der Waals surface area (Å²) in [5.41, 5.74) is 0.199. The molecule has 0 aromatic heterocycles. The van der Waals surface area contributed by atoms with E-state index in [-0.39, 0.29) is 5.54 Å². The molecule has 0 aromatic rings. The van der Waals surface area contributed by atoms with E-state index in [2.05, 4.69) is 24.1 Å². The first-order chi connectivity index (χ1) is 7.67. The van der Waals surface area contributed by atoms with Crippen LogP contribution in [0.4, 0.5) is 0 Å². The van der Waals surface area contributed by atoms with Crippen LogP contribution < -0.4 is 5.32 Å². The van der Waals surface area contributed by atoms with Crippen LogP contribution in [0.5, 0.6) is 0 Å². The van der Waals surface area contributed by atoms with Crippen LogP contribution in [0.25, 0.3) is 0 Å². The fourth-order valence-electron chi connectivity index (χ4n) is 2.00. The normalized spacial score (nSPS) is 21.2. The van der Waals surface area contributed by atoms with Crippen LogP contribution in [-0.4, -0.2) is 63.5 Å². The van der Waals surface area contributed by atoms with E-state index in [0.717, 1.165) is 46.0 Å². The van der Waals surface area contributed by atoms with Gasteiger partial charge in [-0.15, -0.1) is 0 Å². The summed E-state index contributed by atoms with van der Waals surface area (Å²) in [6.07, 6.45) is 1.19. The molecule has 0 amide bonds. The maximum atomic E-state index is 5.50. The highest BCUT2D eigenvalue weighted by molar-refractivity contribution is 4.84. The summed E-state index contributed by atoms with van der Waals surface area (Å²) in [5, 5.41) is 3.37. The van der Waals surface area contributed by atoms with Crippen molar-refractivity contribution in [2.24, 2.45) is 0 Å². The fourth-order valence-corrected chi connectivity index (χ4v) is 2.00. The largest absolute Gasteiger partial charge is 0.383 e. The summed E-state index contributed by atoms with van der Waals surface area (Å²) < 4.78 is 10.5. The van der Waals surface area contributed by atoms with Gasteiger partial charge in [-0.1, -0.05) is 0 Å². The van der Waals surface area contributed by atoms with E-state index in [9.17, 15) is 0 Å². The SMILES string of the molecule is COCCNCCCN1CCOCC1(C)C. The molecule has 1 aliphatic rings. The fraction of sp³-hybridized carbons (Fsp3) is 1.00. The highest BCUT2D eigenvalue weighted by atomic mass is 16.5. The van der Waals surface area contributed by atoms with E-state index >= 15 is 0 Å². The lowest BCUT2D eigenvalue weighted by Gasteiger charge is -2.42. The van der Waals surface area contributed by atoms with Crippen LogP contribution in [-0.2, 0) is 9.47 Å². The van der Waals surface area contributed by atoms with Crippen LogP contribution in [0.3, 0.4) is 0 Å². The standard InChI is InChI=1S/C12H26N2O2/c1-12(2)11-16-10-8-14(12)7-4-5-13-6-9-15-3/h13H,4-11H2,1-3H3. The van der Waals surface area contributed by atoms with Crippen molar-refractivity contribution in [3.8, 4) is 0 Å². The van der Waals surface area contributed by atoms with Gasteiger partial charge in [0.05, 0.1) is 19.8 Å². The molecule has 0 aliphatic carbocycles. The molecule has 16 heavy (non-hydrogen) atoms. The minimum Gasteiger partial charge on any atom is -0.383 e.